The number of hydrogen-bond donors (Lipinski definition) is 0. The maximum absolute atomic E-state index is 12.5. The first-order valence-electron chi connectivity index (χ1n) is 5.07. The molecule has 0 saturated heterocycles. The molecule has 0 bridgehead atoms. The van der Waals surface area contributed by atoms with Crippen LogP contribution in [-0.2, 0) is 4.94 Å². The SMILES string of the molecule is N#CC(SF)/C(=N\ON=O)C1CCCCC1. The average Bonchev–Trinajstić information content (AvgIpc) is 2.35. The maximum Gasteiger partial charge on any atom is 0.184 e. The molecule has 0 aromatic rings. The van der Waals surface area contributed by atoms with Crippen molar-refractivity contribution in [1.82, 2.24) is 0 Å². The molecule has 1 unspecified atom stereocenters. The van der Waals surface area contributed by atoms with Gasteiger partial charge >= 0.3 is 0 Å². The van der Waals surface area contributed by atoms with Crippen molar-refractivity contribution in [2.24, 2.45) is 16.4 Å². The number of nitriles is 1. The van der Waals surface area contributed by atoms with Crippen molar-refractivity contribution in [3.63, 3.8) is 0 Å². The van der Waals surface area contributed by atoms with Crippen LogP contribution in [0.3, 0.4) is 0 Å². The minimum atomic E-state index is -1.01. The van der Waals surface area contributed by atoms with Gasteiger partial charge in [0.15, 0.2) is 10.6 Å². The Morgan fingerprint density at radius 3 is 2.69 bits per heavy atom. The van der Waals surface area contributed by atoms with Gasteiger partial charge in [-0.15, -0.1) is 4.91 Å². The van der Waals surface area contributed by atoms with Gasteiger partial charge in [0.1, 0.15) is 0 Å². The lowest BCUT2D eigenvalue weighted by molar-refractivity contribution is 0.147. The number of rotatable bonds is 5. The fourth-order valence-electron chi connectivity index (χ4n) is 1.93. The molecule has 0 radical (unpaired) electrons. The summed E-state index contributed by atoms with van der Waals surface area (Å²) < 4.78 is 12.5. The summed E-state index contributed by atoms with van der Waals surface area (Å²) in [6.45, 7) is 0. The highest BCUT2D eigenvalue weighted by atomic mass is 32.2. The molecule has 1 aliphatic rings. The predicted octanol–water partition coefficient (Wildman–Crippen LogP) is 3.13. The smallest absolute Gasteiger partial charge is 0.184 e. The Bertz CT molecular complexity index is 300. The van der Waals surface area contributed by atoms with Crippen LogP contribution in [0.25, 0.3) is 0 Å². The van der Waals surface area contributed by atoms with Gasteiger partial charge in [0.25, 0.3) is 0 Å². The number of oxime groups is 1. The van der Waals surface area contributed by atoms with Crippen LogP contribution in [0.5, 0.6) is 0 Å². The largest absolute Gasteiger partial charge is 0.206 e. The van der Waals surface area contributed by atoms with E-state index in [1.807, 2.05) is 0 Å². The molecule has 1 aliphatic carbocycles. The molecule has 1 saturated carbocycles. The quantitative estimate of drug-likeness (QED) is 0.423. The van der Waals surface area contributed by atoms with Crippen molar-refractivity contribution in [3.8, 4) is 6.07 Å². The van der Waals surface area contributed by atoms with Gasteiger partial charge in [-0.25, -0.2) is 4.94 Å². The normalized spacial score (nSPS) is 19.9. The molecule has 0 N–H and O–H groups in total. The highest BCUT2D eigenvalue weighted by Gasteiger charge is 2.28. The van der Waals surface area contributed by atoms with Crippen molar-refractivity contribution >= 4 is 17.9 Å². The number of halogens is 1. The Morgan fingerprint density at radius 1 is 1.50 bits per heavy atom. The molecule has 0 aromatic carbocycles. The van der Waals surface area contributed by atoms with E-state index in [2.05, 4.69) is 15.4 Å². The average molecular weight is 245 g/mol. The molecule has 7 heteroatoms. The standard InChI is InChI=1S/C9H12FN3O2S/c10-16-8(6-11)9(12-15-13-14)7-4-2-1-3-5-7/h7-8H,1-5H2/b12-9-. The van der Waals surface area contributed by atoms with E-state index in [1.165, 1.54) is 0 Å². The molecular formula is C9H12FN3O2S. The van der Waals surface area contributed by atoms with Crippen LogP contribution in [0.2, 0.25) is 0 Å². The molecule has 0 spiro atoms. The van der Waals surface area contributed by atoms with Gasteiger partial charge in [-0.05, 0) is 12.8 Å². The lowest BCUT2D eigenvalue weighted by Crippen LogP contribution is -2.26. The predicted molar refractivity (Wildman–Crippen MR) is 59.0 cm³/mol. The molecule has 16 heavy (non-hydrogen) atoms. The van der Waals surface area contributed by atoms with Crippen LogP contribution in [0.15, 0.2) is 10.5 Å². The van der Waals surface area contributed by atoms with Gasteiger partial charge in [-0.1, -0.05) is 24.4 Å². The Labute approximate surface area is 97.2 Å². The topological polar surface area (TPSA) is 74.8 Å². The van der Waals surface area contributed by atoms with Crippen LogP contribution in [-0.4, -0.2) is 11.0 Å². The van der Waals surface area contributed by atoms with Crippen LogP contribution in [0.4, 0.5) is 3.89 Å². The zero-order valence-corrected chi connectivity index (χ0v) is 9.45. The van der Waals surface area contributed by atoms with Gasteiger partial charge in [-0.3, -0.25) is 0 Å². The fraction of sp³-hybridized carbons (Fsp3) is 0.778. The summed E-state index contributed by atoms with van der Waals surface area (Å²) in [5.74, 6) is 0.0170. The van der Waals surface area contributed by atoms with Crippen molar-refractivity contribution in [1.29, 1.82) is 5.26 Å². The zero-order chi connectivity index (χ0) is 11.8. The van der Waals surface area contributed by atoms with Crippen LogP contribution in [0.1, 0.15) is 32.1 Å². The molecule has 0 aromatic heterocycles. The van der Waals surface area contributed by atoms with E-state index >= 15 is 0 Å². The van der Waals surface area contributed by atoms with E-state index in [4.69, 9.17) is 5.26 Å². The van der Waals surface area contributed by atoms with Gasteiger partial charge in [0, 0.05) is 5.92 Å². The minimum absolute atomic E-state index is 0.0170. The first-order valence-corrected chi connectivity index (χ1v) is 5.85. The first-order chi connectivity index (χ1) is 7.83. The third-order valence-electron chi connectivity index (χ3n) is 2.68. The zero-order valence-electron chi connectivity index (χ0n) is 8.63. The summed E-state index contributed by atoms with van der Waals surface area (Å²) in [6, 6.07) is 1.79. The molecule has 1 fully saturated rings. The second-order valence-electron chi connectivity index (χ2n) is 3.61. The van der Waals surface area contributed by atoms with Crippen molar-refractivity contribution in [2.45, 2.75) is 37.4 Å². The minimum Gasteiger partial charge on any atom is -0.206 e. The van der Waals surface area contributed by atoms with Crippen molar-refractivity contribution in [3.05, 3.63) is 4.91 Å². The van der Waals surface area contributed by atoms with E-state index < -0.39 is 5.25 Å². The molecule has 0 aliphatic heterocycles. The molecule has 1 rings (SSSR count). The molecule has 1 atom stereocenters. The van der Waals surface area contributed by atoms with E-state index in [-0.39, 0.29) is 23.8 Å². The highest BCUT2D eigenvalue weighted by Crippen LogP contribution is 2.29. The molecule has 5 nitrogen and oxygen atoms in total. The number of hydrogen-bond acceptors (Lipinski definition) is 6. The molecular weight excluding hydrogens is 233 g/mol. The summed E-state index contributed by atoms with van der Waals surface area (Å²) in [6.07, 6.45) is 4.87. The fourth-order valence-corrected chi connectivity index (χ4v) is 2.30. The van der Waals surface area contributed by atoms with Crippen LogP contribution >= 0.6 is 12.1 Å². The van der Waals surface area contributed by atoms with E-state index in [9.17, 15) is 8.79 Å². The summed E-state index contributed by atoms with van der Waals surface area (Å²) in [5, 5.41) is 13.4. The molecule has 88 valence electrons. The number of nitrogens with zero attached hydrogens (tertiary/aromatic N) is 3. The molecule has 0 amide bonds. The van der Waals surface area contributed by atoms with Gasteiger partial charge in [0.05, 0.1) is 23.9 Å². The van der Waals surface area contributed by atoms with E-state index in [0.717, 1.165) is 32.1 Å². The van der Waals surface area contributed by atoms with Crippen LogP contribution < -0.4 is 0 Å². The van der Waals surface area contributed by atoms with Gasteiger partial charge in [-0.2, -0.15) is 9.15 Å². The van der Waals surface area contributed by atoms with Crippen LogP contribution in [0, 0.1) is 22.2 Å². The Kier molecular flexibility index (Phi) is 5.78. The second kappa shape index (κ2) is 7.17. The van der Waals surface area contributed by atoms with E-state index in [0.29, 0.717) is 0 Å². The van der Waals surface area contributed by atoms with Gasteiger partial charge in [0.2, 0.25) is 0 Å². The Balaban J connectivity index is 2.76. The first kappa shape index (κ1) is 12.9. The van der Waals surface area contributed by atoms with Gasteiger partial charge < -0.3 is 0 Å². The maximum atomic E-state index is 12.5. The highest BCUT2D eigenvalue weighted by molar-refractivity contribution is 7.96. The summed E-state index contributed by atoms with van der Waals surface area (Å²) >= 11 is -0.0935. The lowest BCUT2D eigenvalue weighted by Gasteiger charge is -2.23. The third-order valence-corrected chi connectivity index (χ3v) is 3.20. The summed E-state index contributed by atoms with van der Waals surface area (Å²) in [4.78, 5) is 13.9. The van der Waals surface area contributed by atoms with E-state index in [1.54, 1.807) is 6.07 Å². The third kappa shape index (κ3) is 3.45. The summed E-state index contributed by atoms with van der Waals surface area (Å²) in [7, 11) is 0. The summed E-state index contributed by atoms with van der Waals surface area (Å²) in [5.41, 5.74) is 0.286. The Morgan fingerprint density at radius 2 is 2.19 bits per heavy atom. The Hall–Kier alpha value is -1.16. The second-order valence-corrected chi connectivity index (χ2v) is 4.26. The van der Waals surface area contributed by atoms with Crippen molar-refractivity contribution in [2.75, 3.05) is 0 Å². The molecule has 0 heterocycles. The monoisotopic (exact) mass is 245 g/mol. The lowest BCUT2D eigenvalue weighted by atomic mass is 9.85. The van der Waals surface area contributed by atoms with Crippen molar-refractivity contribution < 1.29 is 8.82 Å².